The van der Waals surface area contributed by atoms with Gasteiger partial charge in [-0.3, -0.25) is 0 Å². The zero-order valence-corrected chi connectivity index (χ0v) is 12.0. The van der Waals surface area contributed by atoms with Crippen LogP contribution in [-0.4, -0.2) is 17.6 Å². The van der Waals surface area contributed by atoms with Gasteiger partial charge in [-0.25, -0.2) is 4.98 Å². The highest BCUT2D eigenvalue weighted by atomic mass is 15.2. The second kappa shape index (κ2) is 6.56. The molecule has 2 rings (SSSR count). The van der Waals surface area contributed by atoms with Gasteiger partial charge < -0.3 is 4.90 Å². The maximum Gasteiger partial charge on any atom is 0.146 e. The summed E-state index contributed by atoms with van der Waals surface area (Å²) in [5.74, 6) is 1.57. The van der Waals surface area contributed by atoms with Crippen LogP contribution in [0.25, 0.3) is 0 Å². The smallest absolute Gasteiger partial charge is 0.146 e. The second-order valence-corrected chi connectivity index (χ2v) is 5.80. The van der Waals surface area contributed by atoms with Gasteiger partial charge in [0.1, 0.15) is 11.9 Å². The molecule has 1 saturated carbocycles. The van der Waals surface area contributed by atoms with Gasteiger partial charge in [0.15, 0.2) is 0 Å². The third kappa shape index (κ3) is 3.47. The predicted octanol–water partition coefficient (Wildman–Crippen LogP) is 3.75. The number of hydrogen-bond acceptors (Lipinski definition) is 3. The Balaban J connectivity index is 2.22. The average molecular weight is 257 g/mol. The van der Waals surface area contributed by atoms with Crippen LogP contribution in [0.5, 0.6) is 0 Å². The van der Waals surface area contributed by atoms with Crippen molar-refractivity contribution >= 4 is 5.82 Å². The van der Waals surface area contributed by atoms with Gasteiger partial charge in [0.25, 0.3) is 0 Å². The van der Waals surface area contributed by atoms with Crippen LogP contribution in [0.3, 0.4) is 0 Å². The van der Waals surface area contributed by atoms with Crippen LogP contribution in [0, 0.1) is 17.2 Å². The van der Waals surface area contributed by atoms with Crippen molar-refractivity contribution in [3.63, 3.8) is 0 Å². The lowest BCUT2D eigenvalue weighted by atomic mass is 10.1. The Bertz CT molecular complexity index is 442. The van der Waals surface area contributed by atoms with Gasteiger partial charge in [-0.05, 0) is 37.3 Å². The van der Waals surface area contributed by atoms with Gasteiger partial charge in [0, 0.05) is 18.8 Å². The molecular weight excluding hydrogens is 234 g/mol. The standard InChI is InChI=1S/C16H23N3/c1-13(2)9-11-19(15-7-3-4-8-15)16-14(12-17)6-5-10-18-16/h5-6,10,13,15H,3-4,7-9,11H2,1-2H3. The Morgan fingerprint density at radius 1 is 1.42 bits per heavy atom. The third-order valence-corrected chi connectivity index (χ3v) is 3.89. The fraction of sp³-hybridized carbons (Fsp3) is 0.625. The van der Waals surface area contributed by atoms with E-state index >= 15 is 0 Å². The zero-order valence-electron chi connectivity index (χ0n) is 12.0. The number of nitrogens with zero attached hydrogens (tertiary/aromatic N) is 3. The molecule has 1 aromatic heterocycles. The maximum absolute atomic E-state index is 9.27. The highest BCUT2D eigenvalue weighted by Crippen LogP contribution is 2.29. The van der Waals surface area contributed by atoms with Crippen molar-refractivity contribution in [2.45, 2.75) is 52.0 Å². The minimum absolute atomic E-state index is 0.570. The molecule has 1 heterocycles. The molecule has 0 bridgehead atoms. The van der Waals surface area contributed by atoms with Crippen LogP contribution in [0.2, 0.25) is 0 Å². The molecule has 0 spiro atoms. The summed E-state index contributed by atoms with van der Waals surface area (Å²) in [5.41, 5.74) is 0.707. The number of nitriles is 1. The first-order valence-corrected chi connectivity index (χ1v) is 7.34. The van der Waals surface area contributed by atoms with Crippen molar-refractivity contribution in [3.8, 4) is 6.07 Å². The fourth-order valence-corrected chi connectivity index (χ4v) is 2.79. The maximum atomic E-state index is 9.27. The van der Waals surface area contributed by atoms with E-state index in [4.69, 9.17) is 0 Å². The van der Waals surface area contributed by atoms with Crippen molar-refractivity contribution in [2.75, 3.05) is 11.4 Å². The largest absolute Gasteiger partial charge is 0.353 e. The minimum atomic E-state index is 0.570. The van der Waals surface area contributed by atoms with Gasteiger partial charge in [-0.1, -0.05) is 26.7 Å². The van der Waals surface area contributed by atoms with Crippen molar-refractivity contribution in [3.05, 3.63) is 23.9 Å². The van der Waals surface area contributed by atoms with Gasteiger partial charge in [-0.2, -0.15) is 5.26 Å². The minimum Gasteiger partial charge on any atom is -0.353 e. The summed E-state index contributed by atoms with van der Waals surface area (Å²) in [4.78, 5) is 6.86. The topological polar surface area (TPSA) is 39.9 Å². The van der Waals surface area contributed by atoms with Gasteiger partial charge in [-0.15, -0.1) is 0 Å². The van der Waals surface area contributed by atoms with Crippen molar-refractivity contribution in [1.29, 1.82) is 5.26 Å². The van der Waals surface area contributed by atoms with Crippen LogP contribution in [0.4, 0.5) is 5.82 Å². The Morgan fingerprint density at radius 2 is 2.16 bits per heavy atom. The summed E-state index contributed by atoms with van der Waals surface area (Å²) < 4.78 is 0. The fourth-order valence-electron chi connectivity index (χ4n) is 2.79. The zero-order chi connectivity index (χ0) is 13.7. The highest BCUT2D eigenvalue weighted by Gasteiger charge is 2.25. The first kappa shape index (κ1) is 13.9. The van der Waals surface area contributed by atoms with E-state index in [1.165, 1.54) is 25.7 Å². The number of aromatic nitrogens is 1. The Kier molecular flexibility index (Phi) is 4.79. The summed E-state index contributed by atoms with van der Waals surface area (Å²) in [6, 6.07) is 6.57. The van der Waals surface area contributed by atoms with Crippen LogP contribution in [0.15, 0.2) is 18.3 Å². The SMILES string of the molecule is CC(C)CCN(c1ncccc1C#N)C1CCCC1. The van der Waals surface area contributed by atoms with Gasteiger partial charge in [0.05, 0.1) is 5.56 Å². The summed E-state index contributed by atoms with van der Waals surface area (Å²) in [6.07, 6.45) is 8.03. The molecular formula is C16H23N3. The first-order valence-electron chi connectivity index (χ1n) is 7.34. The number of pyridine rings is 1. The van der Waals surface area contributed by atoms with Crippen molar-refractivity contribution in [1.82, 2.24) is 4.98 Å². The first-order chi connectivity index (χ1) is 9.22. The molecule has 1 fully saturated rings. The normalized spacial score (nSPS) is 15.7. The Morgan fingerprint density at radius 3 is 2.79 bits per heavy atom. The van der Waals surface area contributed by atoms with E-state index < -0.39 is 0 Å². The summed E-state index contributed by atoms with van der Waals surface area (Å²) in [7, 11) is 0. The summed E-state index contributed by atoms with van der Waals surface area (Å²) in [5, 5.41) is 9.27. The van der Waals surface area contributed by atoms with Crippen LogP contribution in [0.1, 0.15) is 51.5 Å². The lowest BCUT2D eigenvalue weighted by Crippen LogP contribution is -2.36. The number of rotatable bonds is 5. The predicted molar refractivity (Wildman–Crippen MR) is 78.0 cm³/mol. The average Bonchev–Trinajstić information content (AvgIpc) is 2.93. The molecule has 0 aromatic carbocycles. The molecule has 3 heteroatoms. The van der Waals surface area contributed by atoms with E-state index in [0.717, 1.165) is 18.8 Å². The van der Waals surface area contributed by atoms with E-state index in [0.29, 0.717) is 17.5 Å². The van der Waals surface area contributed by atoms with E-state index in [1.807, 2.05) is 12.1 Å². The molecule has 1 aromatic rings. The molecule has 19 heavy (non-hydrogen) atoms. The quantitative estimate of drug-likeness (QED) is 0.806. The molecule has 0 atom stereocenters. The Hall–Kier alpha value is -1.56. The highest BCUT2D eigenvalue weighted by molar-refractivity contribution is 5.54. The second-order valence-electron chi connectivity index (χ2n) is 5.80. The Labute approximate surface area is 116 Å². The molecule has 0 amide bonds. The molecule has 102 valence electrons. The molecule has 0 unspecified atom stereocenters. The lowest BCUT2D eigenvalue weighted by Gasteiger charge is -2.31. The van der Waals surface area contributed by atoms with E-state index in [2.05, 4.69) is 29.8 Å². The van der Waals surface area contributed by atoms with Crippen LogP contribution >= 0.6 is 0 Å². The molecule has 3 nitrogen and oxygen atoms in total. The van der Waals surface area contributed by atoms with Gasteiger partial charge in [0.2, 0.25) is 0 Å². The molecule has 1 aliphatic rings. The van der Waals surface area contributed by atoms with Crippen LogP contribution < -0.4 is 4.90 Å². The van der Waals surface area contributed by atoms with Crippen molar-refractivity contribution in [2.24, 2.45) is 5.92 Å². The third-order valence-electron chi connectivity index (χ3n) is 3.89. The van der Waals surface area contributed by atoms with Crippen LogP contribution in [-0.2, 0) is 0 Å². The molecule has 0 saturated heterocycles. The number of hydrogen-bond donors (Lipinski definition) is 0. The summed E-state index contributed by atoms with van der Waals surface area (Å²) >= 11 is 0. The monoisotopic (exact) mass is 257 g/mol. The van der Waals surface area contributed by atoms with Crippen molar-refractivity contribution < 1.29 is 0 Å². The van der Waals surface area contributed by atoms with Gasteiger partial charge >= 0.3 is 0 Å². The lowest BCUT2D eigenvalue weighted by molar-refractivity contribution is 0.525. The van der Waals surface area contributed by atoms with E-state index in [-0.39, 0.29) is 0 Å². The van der Waals surface area contributed by atoms with E-state index in [1.54, 1.807) is 6.20 Å². The summed E-state index contributed by atoms with van der Waals surface area (Å²) in [6.45, 7) is 5.50. The number of anilines is 1. The molecule has 1 aliphatic carbocycles. The molecule has 0 radical (unpaired) electrons. The molecule has 0 aliphatic heterocycles. The molecule has 0 N–H and O–H groups in total. The van der Waals surface area contributed by atoms with E-state index in [9.17, 15) is 5.26 Å².